The van der Waals surface area contributed by atoms with Crippen LogP contribution in [0.25, 0.3) is 0 Å². The fourth-order valence-corrected chi connectivity index (χ4v) is 4.69. The van der Waals surface area contributed by atoms with Crippen molar-refractivity contribution in [2.24, 2.45) is 5.92 Å². The van der Waals surface area contributed by atoms with Gasteiger partial charge in [0, 0.05) is 29.9 Å². The molecule has 1 atom stereocenters. The van der Waals surface area contributed by atoms with Crippen molar-refractivity contribution in [2.75, 3.05) is 13.6 Å². The highest BCUT2D eigenvalue weighted by molar-refractivity contribution is 7.99. The second kappa shape index (κ2) is 8.68. The Hall–Kier alpha value is -1.09. The Kier molecular flexibility index (Phi) is 6.88. The van der Waals surface area contributed by atoms with Gasteiger partial charge in [0.1, 0.15) is 0 Å². The average molecular weight is 333 g/mol. The summed E-state index contributed by atoms with van der Waals surface area (Å²) in [5, 5.41) is 0. The molecule has 0 N–H and O–H groups in total. The highest BCUT2D eigenvalue weighted by Crippen LogP contribution is 2.40. The van der Waals surface area contributed by atoms with E-state index in [2.05, 4.69) is 74.9 Å². The van der Waals surface area contributed by atoms with Crippen molar-refractivity contribution in [3.05, 3.63) is 41.7 Å². The van der Waals surface area contributed by atoms with Gasteiger partial charge in [0.05, 0.1) is 0 Å². The van der Waals surface area contributed by atoms with Gasteiger partial charge in [0.25, 0.3) is 0 Å². The van der Waals surface area contributed by atoms with Crippen LogP contribution in [0.15, 0.2) is 46.6 Å². The van der Waals surface area contributed by atoms with Crippen LogP contribution in [0, 0.1) is 5.92 Å². The van der Waals surface area contributed by atoms with Crippen LogP contribution in [0.1, 0.15) is 53.4 Å². The number of benzene rings is 1. The van der Waals surface area contributed by atoms with Gasteiger partial charge >= 0.3 is 0 Å². The van der Waals surface area contributed by atoms with Crippen LogP contribution in [-0.4, -0.2) is 28.9 Å². The summed E-state index contributed by atoms with van der Waals surface area (Å²) >= 11 is 1.97. The third-order valence-electron chi connectivity index (χ3n) is 4.56. The van der Waals surface area contributed by atoms with E-state index in [-0.39, 0.29) is 0 Å². The summed E-state index contributed by atoms with van der Waals surface area (Å²) in [7, 11) is 2.26. The molecule has 128 valence electrons. The predicted molar refractivity (Wildman–Crippen MR) is 102 cm³/mol. The van der Waals surface area contributed by atoms with Crippen LogP contribution >= 0.6 is 11.8 Å². The molecule has 0 fully saturated rings. The molecule has 1 aliphatic rings. The Morgan fingerprint density at radius 1 is 1.09 bits per heavy atom. The van der Waals surface area contributed by atoms with Crippen molar-refractivity contribution in [2.45, 2.75) is 63.8 Å². The van der Waals surface area contributed by atoms with E-state index >= 15 is 0 Å². The van der Waals surface area contributed by atoms with E-state index in [1.807, 2.05) is 11.8 Å². The maximum absolute atomic E-state index is 2.61. The minimum Gasteiger partial charge on any atom is -0.347 e. The Bertz CT molecular complexity index is 510. The summed E-state index contributed by atoms with van der Waals surface area (Å²) in [4.78, 5) is 6.45. The van der Waals surface area contributed by atoms with Gasteiger partial charge in [-0.25, -0.2) is 0 Å². The summed E-state index contributed by atoms with van der Waals surface area (Å²) in [6.07, 6.45) is 5.27. The van der Waals surface area contributed by atoms with Gasteiger partial charge in [-0.15, -0.1) is 0 Å². The Balaban J connectivity index is 2.13. The zero-order chi connectivity index (χ0) is 16.8. The van der Waals surface area contributed by atoms with E-state index in [1.165, 1.54) is 42.0 Å². The molecule has 1 aromatic carbocycles. The van der Waals surface area contributed by atoms with Crippen LogP contribution in [0.5, 0.6) is 0 Å². The lowest BCUT2D eigenvalue weighted by Gasteiger charge is -2.32. The molecule has 0 saturated carbocycles. The molecule has 0 saturated heterocycles. The molecule has 0 radical (unpaired) electrons. The second-order valence-corrected chi connectivity index (χ2v) is 7.88. The highest BCUT2D eigenvalue weighted by Gasteiger charge is 2.35. The van der Waals surface area contributed by atoms with Crippen LogP contribution in [0.2, 0.25) is 0 Å². The van der Waals surface area contributed by atoms with Crippen molar-refractivity contribution >= 4 is 11.8 Å². The third kappa shape index (κ3) is 4.47. The van der Waals surface area contributed by atoms with Gasteiger partial charge < -0.3 is 9.80 Å². The minimum absolute atomic E-state index is 0.386. The van der Waals surface area contributed by atoms with Crippen molar-refractivity contribution in [1.82, 2.24) is 9.80 Å². The Morgan fingerprint density at radius 3 is 2.39 bits per heavy atom. The summed E-state index contributed by atoms with van der Waals surface area (Å²) in [6, 6.07) is 10.8. The van der Waals surface area contributed by atoms with Crippen LogP contribution in [0.3, 0.4) is 0 Å². The molecule has 0 aromatic heterocycles. The number of thioether (sulfide) groups is 1. The standard InChI is InChI=1S/C20H32N2S/c1-6-7-8-12-15-22-17(4)19(16(2)3)21(5)20(22)23-18-13-10-9-11-14-18/h9-11,13-14,16,20H,6-8,12,15H2,1-5H3. The molecule has 0 bridgehead atoms. The van der Waals surface area contributed by atoms with Crippen molar-refractivity contribution in [3.63, 3.8) is 0 Å². The lowest BCUT2D eigenvalue weighted by molar-refractivity contribution is 0.233. The molecule has 1 aromatic rings. The largest absolute Gasteiger partial charge is 0.347 e. The van der Waals surface area contributed by atoms with Crippen molar-refractivity contribution < 1.29 is 0 Å². The molecular weight excluding hydrogens is 300 g/mol. The smallest absolute Gasteiger partial charge is 0.154 e. The Labute approximate surface area is 146 Å². The first-order valence-corrected chi connectivity index (χ1v) is 9.86. The topological polar surface area (TPSA) is 6.48 Å². The van der Waals surface area contributed by atoms with Gasteiger partial charge in [-0.3, -0.25) is 0 Å². The molecule has 23 heavy (non-hydrogen) atoms. The minimum atomic E-state index is 0.386. The molecule has 0 amide bonds. The molecule has 0 spiro atoms. The van der Waals surface area contributed by atoms with E-state index in [4.69, 9.17) is 0 Å². The van der Waals surface area contributed by atoms with Crippen molar-refractivity contribution in [3.8, 4) is 0 Å². The fourth-order valence-electron chi connectivity index (χ4n) is 3.47. The summed E-state index contributed by atoms with van der Waals surface area (Å²) in [5.74, 6) is 0.569. The normalized spacial score (nSPS) is 18.4. The van der Waals surface area contributed by atoms with E-state index in [9.17, 15) is 0 Å². The van der Waals surface area contributed by atoms with Crippen LogP contribution in [-0.2, 0) is 0 Å². The van der Waals surface area contributed by atoms with E-state index in [0.717, 1.165) is 6.54 Å². The summed E-state index contributed by atoms with van der Waals surface area (Å²) in [6.45, 7) is 10.4. The highest BCUT2D eigenvalue weighted by atomic mass is 32.2. The molecule has 2 nitrogen and oxygen atoms in total. The molecule has 1 aliphatic heterocycles. The zero-order valence-electron chi connectivity index (χ0n) is 15.4. The molecule has 0 aliphatic carbocycles. The molecule has 3 heteroatoms. The van der Waals surface area contributed by atoms with E-state index in [0.29, 0.717) is 11.4 Å². The van der Waals surface area contributed by atoms with Crippen LogP contribution < -0.4 is 0 Å². The van der Waals surface area contributed by atoms with Gasteiger partial charge in [-0.1, -0.05) is 70.0 Å². The SMILES string of the molecule is CCCCCCN1C(C)=C(C(C)C)N(C)C1Sc1ccccc1. The first kappa shape index (κ1) is 18.3. The van der Waals surface area contributed by atoms with Gasteiger partial charge in [-0.2, -0.15) is 0 Å². The molecular formula is C20H32N2S. The number of rotatable bonds is 8. The Morgan fingerprint density at radius 2 is 1.78 bits per heavy atom. The number of hydrogen-bond acceptors (Lipinski definition) is 3. The molecule has 1 unspecified atom stereocenters. The fraction of sp³-hybridized carbons (Fsp3) is 0.600. The van der Waals surface area contributed by atoms with E-state index in [1.54, 1.807) is 0 Å². The second-order valence-electron chi connectivity index (χ2n) is 6.75. The summed E-state index contributed by atoms with van der Waals surface area (Å²) < 4.78 is 0. The molecule has 1 heterocycles. The lowest BCUT2D eigenvalue weighted by Crippen LogP contribution is -2.36. The monoisotopic (exact) mass is 332 g/mol. The zero-order valence-corrected chi connectivity index (χ0v) is 16.2. The first-order valence-electron chi connectivity index (χ1n) is 8.98. The van der Waals surface area contributed by atoms with Gasteiger partial charge in [-0.05, 0) is 31.4 Å². The van der Waals surface area contributed by atoms with Crippen molar-refractivity contribution in [1.29, 1.82) is 0 Å². The van der Waals surface area contributed by atoms with Gasteiger partial charge in [0.2, 0.25) is 0 Å². The number of allylic oxidation sites excluding steroid dienone is 2. The number of hydrogen-bond donors (Lipinski definition) is 0. The predicted octanol–water partition coefficient (Wildman–Crippen LogP) is 5.78. The third-order valence-corrected chi connectivity index (χ3v) is 5.89. The lowest BCUT2D eigenvalue weighted by atomic mass is 10.1. The van der Waals surface area contributed by atoms with E-state index < -0.39 is 0 Å². The molecule has 2 rings (SSSR count). The maximum atomic E-state index is 2.61. The number of nitrogens with zero attached hydrogens (tertiary/aromatic N) is 2. The quantitative estimate of drug-likeness (QED) is 0.557. The summed E-state index contributed by atoms with van der Waals surface area (Å²) in [5.41, 5.74) is 3.35. The number of unbranched alkanes of at least 4 members (excludes halogenated alkanes) is 3. The first-order chi connectivity index (χ1) is 11.1. The maximum Gasteiger partial charge on any atom is 0.154 e. The van der Waals surface area contributed by atoms with Crippen LogP contribution in [0.4, 0.5) is 0 Å². The van der Waals surface area contributed by atoms with Gasteiger partial charge in [0.15, 0.2) is 5.50 Å². The average Bonchev–Trinajstić information content (AvgIpc) is 2.76.